The van der Waals surface area contributed by atoms with Gasteiger partial charge in [0.25, 0.3) is 5.91 Å². The molecular formula is C21H21Cl3N2O3. The predicted octanol–water partition coefficient (Wildman–Crippen LogP) is 4.82. The Morgan fingerprint density at radius 3 is 2.45 bits per heavy atom. The molecule has 8 heteroatoms. The average molecular weight is 456 g/mol. The van der Waals surface area contributed by atoms with Crippen LogP contribution in [0.4, 0.5) is 0 Å². The number of ether oxygens (including phenoxy) is 1. The van der Waals surface area contributed by atoms with Crippen molar-refractivity contribution in [2.75, 3.05) is 19.7 Å². The van der Waals surface area contributed by atoms with Crippen molar-refractivity contribution in [3.63, 3.8) is 0 Å². The highest BCUT2D eigenvalue weighted by molar-refractivity contribution is 6.42. The fraction of sp³-hybridized carbons (Fsp3) is 0.333. The molecule has 0 aromatic heterocycles. The van der Waals surface area contributed by atoms with Crippen LogP contribution in [0.1, 0.15) is 29.6 Å². The van der Waals surface area contributed by atoms with Gasteiger partial charge in [-0.3, -0.25) is 9.59 Å². The minimum atomic E-state index is -0.560. The average Bonchev–Trinajstić information content (AvgIpc) is 2.69. The molecule has 5 nitrogen and oxygen atoms in total. The molecule has 2 aromatic rings. The molecule has 1 aliphatic heterocycles. The van der Waals surface area contributed by atoms with Gasteiger partial charge in [-0.05, 0) is 55.3 Å². The Kier molecular flexibility index (Phi) is 6.93. The van der Waals surface area contributed by atoms with Crippen LogP contribution in [0.5, 0.6) is 5.75 Å². The number of nitrogens with zero attached hydrogens (tertiary/aromatic N) is 1. The summed E-state index contributed by atoms with van der Waals surface area (Å²) < 4.78 is 5.93. The third-order valence-corrected chi connectivity index (χ3v) is 6.01. The largest absolute Gasteiger partial charge is 0.493 e. The minimum absolute atomic E-state index is 0.131. The Morgan fingerprint density at radius 1 is 1.07 bits per heavy atom. The second kappa shape index (κ2) is 9.24. The summed E-state index contributed by atoms with van der Waals surface area (Å²) in [7, 11) is 0. The predicted molar refractivity (Wildman–Crippen MR) is 115 cm³/mol. The number of carbonyl (C=O) groups excluding carboxylic acids is 2. The van der Waals surface area contributed by atoms with E-state index in [0.717, 1.165) is 12.8 Å². The molecule has 29 heavy (non-hydrogen) atoms. The van der Waals surface area contributed by atoms with Gasteiger partial charge in [-0.1, -0.05) is 34.8 Å². The number of hydrogen-bond donors (Lipinski definition) is 1. The van der Waals surface area contributed by atoms with Crippen LogP contribution < -0.4 is 10.5 Å². The highest BCUT2D eigenvalue weighted by atomic mass is 35.5. The van der Waals surface area contributed by atoms with E-state index in [2.05, 4.69) is 0 Å². The maximum Gasteiger partial charge on any atom is 0.253 e. The number of nitrogens with two attached hydrogens (primary N) is 1. The van der Waals surface area contributed by atoms with Crippen LogP contribution in [0.3, 0.4) is 0 Å². The van der Waals surface area contributed by atoms with E-state index in [4.69, 9.17) is 45.3 Å². The van der Waals surface area contributed by atoms with E-state index < -0.39 is 11.3 Å². The summed E-state index contributed by atoms with van der Waals surface area (Å²) in [4.78, 5) is 26.5. The van der Waals surface area contributed by atoms with E-state index in [1.54, 1.807) is 47.4 Å². The van der Waals surface area contributed by atoms with Crippen molar-refractivity contribution in [1.29, 1.82) is 0 Å². The summed E-state index contributed by atoms with van der Waals surface area (Å²) in [6, 6.07) is 11.8. The molecule has 1 fully saturated rings. The quantitative estimate of drug-likeness (QED) is 0.678. The molecule has 154 valence electrons. The van der Waals surface area contributed by atoms with E-state index in [1.807, 2.05) is 0 Å². The Labute approximate surface area is 184 Å². The summed E-state index contributed by atoms with van der Waals surface area (Å²) >= 11 is 17.9. The molecule has 2 amide bonds. The van der Waals surface area contributed by atoms with Crippen LogP contribution in [0.15, 0.2) is 42.5 Å². The second-order valence-corrected chi connectivity index (χ2v) is 8.60. The van der Waals surface area contributed by atoms with Crippen LogP contribution in [0, 0.1) is 5.41 Å². The minimum Gasteiger partial charge on any atom is -0.493 e. The maximum atomic E-state index is 13.0. The van der Waals surface area contributed by atoms with Gasteiger partial charge in [-0.15, -0.1) is 0 Å². The van der Waals surface area contributed by atoms with Crippen molar-refractivity contribution >= 4 is 46.6 Å². The molecular weight excluding hydrogens is 435 g/mol. The fourth-order valence-corrected chi connectivity index (χ4v) is 4.07. The lowest BCUT2D eigenvalue weighted by molar-refractivity contribution is -0.122. The highest BCUT2D eigenvalue weighted by Gasteiger charge is 2.39. The van der Waals surface area contributed by atoms with Gasteiger partial charge in [0.15, 0.2) is 0 Å². The highest BCUT2D eigenvalue weighted by Crippen LogP contribution is 2.35. The number of carbonyl (C=O) groups is 2. The van der Waals surface area contributed by atoms with E-state index in [-0.39, 0.29) is 18.9 Å². The van der Waals surface area contributed by atoms with Crippen molar-refractivity contribution < 1.29 is 14.3 Å². The van der Waals surface area contributed by atoms with E-state index in [9.17, 15) is 9.59 Å². The second-order valence-electron chi connectivity index (χ2n) is 7.34. The zero-order valence-electron chi connectivity index (χ0n) is 15.7. The first-order valence-electron chi connectivity index (χ1n) is 9.19. The summed E-state index contributed by atoms with van der Waals surface area (Å²) in [5.74, 6) is 0.0586. The molecule has 2 N–H and O–H groups in total. The number of primary amides is 1. The monoisotopic (exact) mass is 454 g/mol. The van der Waals surface area contributed by atoms with Crippen LogP contribution >= 0.6 is 34.8 Å². The molecule has 3 rings (SSSR count). The first-order valence-corrected chi connectivity index (χ1v) is 10.3. The molecule has 0 radical (unpaired) electrons. The number of amides is 2. The lowest BCUT2D eigenvalue weighted by atomic mass is 9.77. The lowest BCUT2D eigenvalue weighted by Gasteiger charge is -2.42. The number of piperidine rings is 1. The fourth-order valence-electron chi connectivity index (χ4n) is 3.64. The summed E-state index contributed by atoms with van der Waals surface area (Å²) in [5, 5.41) is 1.32. The summed E-state index contributed by atoms with van der Waals surface area (Å²) in [5.41, 5.74) is 5.41. The van der Waals surface area contributed by atoms with Crippen LogP contribution in [0.2, 0.25) is 15.1 Å². The third kappa shape index (κ3) is 5.56. The van der Waals surface area contributed by atoms with Gasteiger partial charge in [-0.2, -0.15) is 0 Å². The lowest BCUT2D eigenvalue weighted by Crippen LogP contribution is -2.50. The Balaban J connectivity index is 1.77. The van der Waals surface area contributed by atoms with Gasteiger partial charge in [0.1, 0.15) is 5.75 Å². The third-order valence-electron chi connectivity index (χ3n) is 5.02. The van der Waals surface area contributed by atoms with Crippen molar-refractivity contribution in [2.24, 2.45) is 11.1 Å². The summed E-state index contributed by atoms with van der Waals surface area (Å²) in [6.07, 6.45) is 1.60. The van der Waals surface area contributed by atoms with E-state index in [0.29, 0.717) is 39.5 Å². The van der Waals surface area contributed by atoms with Gasteiger partial charge in [0, 0.05) is 35.5 Å². The van der Waals surface area contributed by atoms with E-state index >= 15 is 0 Å². The zero-order chi connectivity index (χ0) is 21.0. The van der Waals surface area contributed by atoms with Gasteiger partial charge >= 0.3 is 0 Å². The SMILES string of the molecule is NC(=O)C[C@@]1(COc2ccc(Cl)cc2)CCCN(C(=O)c2ccc(Cl)c(Cl)c2)C1. The molecule has 1 aliphatic rings. The molecule has 0 bridgehead atoms. The molecule has 1 saturated heterocycles. The smallest absolute Gasteiger partial charge is 0.253 e. The molecule has 0 unspecified atom stereocenters. The molecule has 2 aromatic carbocycles. The summed E-state index contributed by atoms with van der Waals surface area (Å²) in [6.45, 7) is 1.21. The molecule has 1 atom stereocenters. The number of benzene rings is 2. The van der Waals surface area contributed by atoms with Crippen molar-refractivity contribution in [3.8, 4) is 5.75 Å². The van der Waals surface area contributed by atoms with E-state index in [1.165, 1.54) is 0 Å². The van der Waals surface area contributed by atoms with Crippen LogP contribution in [-0.4, -0.2) is 36.4 Å². The zero-order valence-corrected chi connectivity index (χ0v) is 17.9. The normalized spacial score (nSPS) is 19.1. The van der Waals surface area contributed by atoms with Crippen LogP contribution in [-0.2, 0) is 4.79 Å². The molecule has 0 spiro atoms. The topological polar surface area (TPSA) is 72.6 Å². The standard InChI is InChI=1S/C21H21Cl3N2O3/c22-15-3-5-16(6-4-15)29-13-21(11-19(25)27)8-1-9-26(12-21)20(28)14-2-7-17(23)18(24)10-14/h2-7,10H,1,8-9,11-13H2,(H2,25,27)/t21-/m0/s1. The van der Waals surface area contributed by atoms with Gasteiger partial charge in [-0.25, -0.2) is 0 Å². The van der Waals surface area contributed by atoms with Crippen molar-refractivity contribution in [2.45, 2.75) is 19.3 Å². The number of hydrogen-bond acceptors (Lipinski definition) is 3. The van der Waals surface area contributed by atoms with Crippen molar-refractivity contribution in [3.05, 3.63) is 63.1 Å². The van der Waals surface area contributed by atoms with Crippen molar-refractivity contribution in [1.82, 2.24) is 4.90 Å². The van der Waals surface area contributed by atoms with Gasteiger partial charge in [0.2, 0.25) is 5.91 Å². The van der Waals surface area contributed by atoms with Gasteiger partial charge in [0.05, 0.1) is 16.7 Å². The number of rotatable bonds is 6. The number of halogens is 3. The Morgan fingerprint density at radius 2 is 1.79 bits per heavy atom. The molecule has 1 heterocycles. The first kappa shape index (κ1) is 21.8. The Bertz CT molecular complexity index is 905. The maximum absolute atomic E-state index is 13.0. The van der Waals surface area contributed by atoms with Crippen LogP contribution in [0.25, 0.3) is 0 Å². The molecule has 0 aliphatic carbocycles. The number of likely N-dealkylation sites (tertiary alicyclic amines) is 1. The first-order chi connectivity index (χ1) is 13.8. The Hall–Kier alpha value is -1.95. The molecule has 0 saturated carbocycles. The van der Waals surface area contributed by atoms with Gasteiger partial charge < -0.3 is 15.4 Å².